The first kappa shape index (κ1) is 15.4. The molecule has 1 fully saturated rings. The van der Waals surface area contributed by atoms with E-state index >= 15 is 0 Å². The van der Waals surface area contributed by atoms with Gasteiger partial charge in [-0.05, 0) is 44.9 Å². The molecule has 3 rings (SSSR count). The van der Waals surface area contributed by atoms with Crippen molar-refractivity contribution in [2.24, 2.45) is 0 Å². The molecule has 1 aromatic heterocycles. The van der Waals surface area contributed by atoms with Crippen LogP contribution in [0.25, 0.3) is 0 Å². The van der Waals surface area contributed by atoms with E-state index in [1.807, 2.05) is 18.4 Å². The summed E-state index contributed by atoms with van der Waals surface area (Å²) in [7, 11) is 3.59. The third-order valence-electron chi connectivity index (χ3n) is 4.89. The summed E-state index contributed by atoms with van der Waals surface area (Å²) >= 11 is 1.94. The van der Waals surface area contributed by atoms with Crippen molar-refractivity contribution in [1.82, 2.24) is 10.3 Å². The average molecular weight is 310 g/mol. The Hall–Kier alpha value is -0.490. The van der Waals surface area contributed by atoms with Crippen molar-refractivity contribution in [3.8, 4) is 0 Å². The number of ether oxygens (including phenoxy) is 2. The molecule has 0 amide bonds. The number of nitrogens with zero attached hydrogens (tertiary/aromatic N) is 1. The summed E-state index contributed by atoms with van der Waals surface area (Å²) in [6, 6.07) is 0. The zero-order chi connectivity index (χ0) is 14.7. The van der Waals surface area contributed by atoms with Gasteiger partial charge in [-0.3, -0.25) is 0 Å². The smallest absolute Gasteiger partial charge is 0.113 e. The lowest BCUT2D eigenvalue weighted by atomic mass is 9.80. The van der Waals surface area contributed by atoms with Gasteiger partial charge in [0.15, 0.2) is 0 Å². The zero-order valence-electron chi connectivity index (χ0n) is 13.1. The van der Waals surface area contributed by atoms with Crippen molar-refractivity contribution in [3.63, 3.8) is 0 Å². The molecule has 1 heterocycles. The lowest BCUT2D eigenvalue weighted by Crippen LogP contribution is -2.47. The van der Waals surface area contributed by atoms with Gasteiger partial charge < -0.3 is 14.8 Å². The Morgan fingerprint density at radius 3 is 2.76 bits per heavy atom. The number of thiazole rings is 1. The van der Waals surface area contributed by atoms with Crippen LogP contribution in [-0.2, 0) is 27.9 Å². The van der Waals surface area contributed by atoms with Crippen LogP contribution in [0.1, 0.15) is 47.7 Å². The van der Waals surface area contributed by atoms with E-state index < -0.39 is 0 Å². The summed E-state index contributed by atoms with van der Waals surface area (Å²) in [5.74, 6) is 0. The third kappa shape index (κ3) is 3.16. The molecule has 1 aromatic rings. The topological polar surface area (TPSA) is 43.4 Å². The first-order valence-corrected chi connectivity index (χ1v) is 8.85. The minimum atomic E-state index is 0.0442. The van der Waals surface area contributed by atoms with Gasteiger partial charge in [0.05, 0.1) is 23.9 Å². The van der Waals surface area contributed by atoms with Crippen molar-refractivity contribution in [1.29, 1.82) is 0 Å². The van der Waals surface area contributed by atoms with Crippen molar-refractivity contribution in [3.05, 3.63) is 15.6 Å². The SMILES string of the molecule is COCCNC1(c2nc3c(s2)CCC3)CCC(OC)CC1. The van der Waals surface area contributed by atoms with Crippen molar-refractivity contribution in [2.75, 3.05) is 27.4 Å². The van der Waals surface area contributed by atoms with Gasteiger partial charge >= 0.3 is 0 Å². The Labute approximate surface area is 131 Å². The van der Waals surface area contributed by atoms with Gasteiger partial charge in [0, 0.05) is 25.6 Å². The molecule has 0 aromatic carbocycles. The Bertz CT molecular complexity index is 440. The summed E-state index contributed by atoms with van der Waals surface area (Å²) in [5.41, 5.74) is 1.40. The van der Waals surface area contributed by atoms with Gasteiger partial charge in [0.2, 0.25) is 0 Å². The Morgan fingerprint density at radius 1 is 1.29 bits per heavy atom. The van der Waals surface area contributed by atoms with Gasteiger partial charge in [0.1, 0.15) is 5.01 Å². The number of rotatable bonds is 6. The van der Waals surface area contributed by atoms with Gasteiger partial charge in [-0.25, -0.2) is 4.98 Å². The Morgan fingerprint density at radius 2 is 2.10 bits per heavy atom. The molecule has 5 heteroatoms. The molecule has 4 nitrogen and oxygen atoms in total. The van der Waals surface area contributed by atoms with Crippen LogP contribution in [0.15, 0.2) is 0 Å². The molecule has 1 N–H and O–H groups in total. The molecule has 0 atom stereocenters. The van der Waals surface area contributed by atoms with Crippen LogP contribution >= 0.6 is 11.3 Å². The van der Waals surface area contributed by atoms with Crippen LogP contribution in [0.5, 0.6) is 0 Å². The Balaban J connectivity index is 1.78. The molecule has 2 aliphatic carbocycles. The van der Waals surface area contributed by atoms with E-state index in [1.54, 1.807) is 7.11 Å². The monoisotopic (exact) mass is 310 g/mol. The molecule has 0 bridgehead atoms. The number of fused-ring (bicyclic) bond motifs is 1. The fraction of sp³-hybridized carbons (Fsp3) is 0.812. The van der Waals surface area contributed by atoms with Crippen LogP contribution in [0.3, 0.4) is 0 Å². The highest BCUT2D eigenvalue weighted by molar-refractivity contribution is 7.12. The number of aryl methyl sites for hydroxylation is 2. The van der Waals surface area contributed by atoms with Crippen molar-refractivity contribution in [2.45, 2.75) is 56.6 Å². The molecule has 2 aliphatic rings. The number of hydrogen-bond donors (Lipinski definition) is 1. The molecular formula is C16H26N2O2S. The highest BCUT2D eigenvalue weighted by atomic mass is 32.1. The first-order valence-electron chi connectivity index (χ1n) is 8.03. The third-order valence-corrected chi connectivity index (χ3v) is 6.26. The predicted octanol–water partition coefficient (Wildman–Crippen LogP) is 2.65. The van der Waals surface area contributed by atoms with Crippen LogP contribution in [0.4, 0.5) is 0 Å². The van der Waals surface area contributed by atoms with E-state index in [1.165, 1.54) is 34.8 Å². The molecule has 0 spiro atoms. The van der Waals surface area contributed by atoms with Crippen molar-refractivity contribution < 1.29 is 9.47 Å². The standard InChI is InChI=1S/C16H26N2O2S/c1-19-11-10-17-16(8-6-12(20-2)7-9-16)15-18-13-4-3-5-14(13)21-15/h12,17H,3-11H2,1-2H3. The second-order valence-electron chi connectivity index (χ2n) is 6.18. The van der Waals surface area contributed by atoms with E-state index in [9.17, 15) is 0 Å². The predicted molar refractivity (Wildman–Crippen MR) is 85.0 cm³/mol. The van der Waals surface area contributed by atoms with Crippen LogP contribution in [-0.4, -0.2) is 38.5 Å². The molecular weight excluding hydrogens is 284 g/mol. The van der Waals surface area contributed by atoms with Gasteiger partial charge in [-0.1, -0.05) is 0 Å². The van der Waals surface area contributed by atoms with E-state index in [4.69, 9.17) is 14.5 Å². The molecule has 0 saturated heterocycles. The molecule has 118 valence electrons. The normalized spacial score (nSPS) is 28.8. The quantitative estimate of drug-likeness (QED) is 0.820. The maximum atomic E-state index is 5.54. The maximum Gasteiger partial charge on any atom is 0.113 e. The van der Waals surface area contributed by atoms with Gasteiger partial charge in [-0.15, -0.1) is 11.3 Å². The highest BCUT2D eigenvalue weighted by Crippen LogP contribution is 2.42. The number of aromatic nitrogens is 1. The molecule has 0 radical (unpaired) electrons. The summed E-state index contributed by atoms with van der Waals surface area (Å²) < 4.78 is 10.8. The Kier molecular flexibility index (Phi) is 4.94. The number of hydrogen-bond acceptors (Lipinski definition) is 5. The molecule has 21 heavy (non-hydrogen) atoms. The van der Waals surface area contributed by atoms with Crippen LogP contribution < -0.4 is 5.32 Å². The van der Waals surface area contributed by atoms with Crippen LogP contribution in [0.2, 0.25) is 0 Å². The summed E-state index contributed by atoms with van der Waals surface area (Å²) in [6.07, 6.45) is 8.53. The minimum absolute atomic E-state index is 0.0442. The highest BCUT2D eigenvalue weighted by Gasteiger charge is 2.39. The first-order chi connectivity index (χ1) is 10.3. The lowest BCUT2D eigenvalue weighted by molar-refractivity contribution is 0.0383. The number of methoxy groups -OCH3 is 2. The fourth-order valence-electron chi connectivity index (χ4n) is 3.57. The average Bonchev–Trinajstić information content (AvgIpc) is 3.10. The summed E-state index contributed by atoms with van der Waals surface area (Å²) in [5, 5.41) is 5.06. The van der Waals surface area contributed by atoms with E-state index in [-0.39, 0.29) is 5.54 Å². The zero-order valence-corrected chi connectivity index (χ0v) is 13.9. The van der Waals surface area contributed by atoms with Gasteiger partial charge in [0.25, 0.3) is 0 Å². The molecule has 0 unspecified atom stereocenters. The van der Waals surface area contributed by atoms with E-state index in [0.29, 0.717) is 6.10 Å². The molecule has 0 aliphatic heterocycles. The fourth-order valence-corrected chi connectivity index (χ4v) is 4.95. The lowest BCUT2D eigenvalue weighted by Gasteiger charge is -2.39. The number of nitrogens with one attached hydrogen (secondary N) is 1. The van der Waals surface area contributed by atoms with Crippen LogP contribution in [0, 0.1) is 0 Å². The second-order valence-corrected chi connectivity index (χ2v) is 7.26. The van der Waals surface area contributed by atoms with E-state index in [2.05, 4.69) is 5.32 Å². The maximum absolute atomic E-state index is 5.54. The largest absolute Gasteiger partial charge is 0.383 e. The summed E-state index contributed by atoms with van der Waals surface area (Å²) in [6.45, 7) is 1.64. The summed E-state index contributed by atoms with van der Waals surface area (Å²) in [4.78, 5) is 6.51. The van der Waals surface area contributed by atoms with E-state index in [0.717, 1.165) is 38.8 Å². The van der Waals surface area contributed by atoms with Crippen molar-refractivity contribution >= 4 is 11.3 Å². The minimum Gasteiger partial charge on any atom is -0.383 e. The van der Waals surface area contributed by atoms with Gasteiger partial charge in [-0.2, -0.15) is 0 Å². The second kappa shape index (κ2) is 6.73. The molecule has 1 saturated carbocycles.